The summed E-state index contributed by atoms with van der Waals surface area (Å²) in [7, 11) is 0. The van der Waals surface area contributed by atoms with Crippen LogP contribution in [0.25, 0.3) is 0 Å². The van der Waals surface area contributed by atoms with Crippen LogP contribution in [0.15, 0.2) is 12.1 Å². The number of hydrogen-bond acceptors (Lipinski definition) is 3. The number of halogens is 1. The van der Waals surface area contributed by atoms with Crippen LogP contribution < -0.4 is 5.32 Å². The lowest BCUT2D eigenvalue weighted by Crippen LogP contribution is -2.23. The predicted octanol–water partition coefficient (Wildman–Crippen LogP) is 1.32. The number of hydrogen-bond donors (Lipinski definition) is 3. The zero-order chi connectivity index (χ0) is 8.55. The van der Waals surface area contributed by atoms with Crippen LogP contribution in [0.4, 0.5) is 0 Å². The minimum Gasteiger partial charge on any atom is -0.504 e. The van der Waals surface area contributed by atoms with Gasteiger partial charge in [0.25, 0.3) is 0 Å². The third-order valence-electron chi connectivity index (χ3n) is 2.18. The van der Waals surface area contributed by atoms with E-state index in [-0.39, 0.29) is 28.5 Å². The number of aromatic hydroxyl groups is 2. The predicted molar refractivity (Wildman–Crippen MR) is 55.5 cm³/mol. The van der Waals surface area contributed by atoms with E-state index >= 15 is 0 Å². The average Bonchev–Trinajstić information content (AvgIpc) is 2.07. The maximum Gasteiger partial charge on any atom is 0.157 e. The Bertz CT molecular complexity index is 284. The summed E-state index contributed by atoms with van der Waals surface area (Å²) in [4.78, 5) is 0. The van der Waals surface area contributed by atoms with E-state index < -0.39 is 0 Å². The van der Waals surface area contributed by atoms with Crippen molar-refractivity contribution in [2.45, 2.75) is 13.0 Å². The lowest BCUT2D eigenvalue weighted by Gasteiger charge is -2.17. The molecule has 0 aromatic heterocycles. The summed E-state index contributed by atoms with van der Waals surface area (Å²) >= 11 is 0. The molecular formula is C9H12BrNO2. The minimum absolute atomic E-state index is 0. The van der Waals surface area contributed by atoms with E-state index in [1.54, 1.807) is 12.1 Å². The van der Waals surface area contributed by atoms with E-state index in [1.165, 1.54) is 0 Å². The molecule has 0 amide bonds. The first-order valence-electron chi connectivity index (χ1n) is 4.02. The van der Waals surface area contributed by atoms with Crippen LogP contribution in [0.1, 0.15) is 11.1 Å². The maximum atomic E-state index is 9.20. The fraction of sp³-hybridized carbons (Fsp3) is 0.333. The summed E-state index contributed by atoms with van der Waals surface area (Å²) in [6.07, 6.45) is 0.920. The molecule has 1 aromatic carbocycles. The molecule has 0 unspecified atom stereocenters. The van der Waals surface area contributed by atoms with Gasteiger partial charge in [-0.15, -0.1) is 17.0 Å². The fourth-order valence-corrected chi connectivity index (χ4v) is 1.51. The fourth-order valence-electron chi connectivity index (χ4n) is 1.51. The second-order valence-corrected chi connectivity index (χ2v) is 3.04. The molecule has 2 rings (SSSR count). The highest BCUT2D eigenvalue weighted by Gasteiger charge is 2.11. The summed E-state index contributed by atoms with van der Waals surface area (Å²) in [6, 6.07) is 3.27. The molecule has 4 heteroatoms. The molecule has 0 saturated heterocycles. The molecule has 0 spiro atoms. The summed E-state index contributed by atoms with van der Waals surface area (Å²) in [5.74, 6) is -0.0481. The number of nitrogens with one attached hydrogen (secondary N) is 1. The zero-order valence-electron chi connectivity index (χ0n) is 7.08. The molecule has 0 radical (unpaired) electrons. The van der Waals surface area contributed by atoms with E-state index in [1.807, 2.05) is 0 Å². The minimum atomic E-state index is -0.0301. The van der Waals surface area contributed by atoms with E-state index in [0.29, 0.717) is 0 Å². The Morgan fingerprint density at radius 2 is 1.69 bits per heavy atom. The molecule has 3 N–H and O–H groups in total. The Labute approximate surface area is 87.2 Å². The molecule has 0 atom stereocenters. The van der Waals surface area contributed by atoms with Gasteiger partial charge >= 0.3 is 0 Å². The summed E-state index contributed by atoms with van der Waals surface area (Å²) in [5.41, 5.74) is 2.21. The van der Waals surface area contributed by atoms with Crippen LogP contribution in [0.3, 0.4) is 0 Å². The molecule has 0 aliphatic carbocycles. The van der Waals surface area contributed by atoms with Gasteiger partial charge in [0.05, 0.1) is 0 Å². The van der Waals surface area contributed by atoms with Gasteiger partial charge in [-0.3, -0.25) is 0 Å². The van der Waals surface area contributed by atoms with Crippen LogP contribution in [-0.2, 0) is 13.0 Å². The number of fused-ring (bicyclic) bond motifs is 1. The molecule has 0 saturated carbocycles. The van der Waals surface area contributed by atoms with E-state index in [0.717, 1.165) is 30.6 Å². The van der Waals surface area contributed by atoms with Gasteiger partial charge in [-0.1, -0.05) is 0 Å². The lowest BCUT2D eigenvalue weighted by atomic mass is 10.0. The second-order valence-electron chi connectivity index (χ2n) is 3.04. The highest BCUT2D eigenvalue weighted by Crippen LogP contribution is 2.29. The number of phenolic OH excluding ortho intramolecular Hbond substituents is 2. The number of phenols is 2. The van der Waals surface area contributed by atoms with Crippen LogP contribution in [0.2, 0.25) is 0 Å². The highest BCUT2D eigenvalue weighted by molar-refractivity contribution is 8.93. The second kappa shape index (κ2) is 3.98. The van der Waals surface area contributed by atoms with Gasteiger partial charge in [0.1, 0.15) is 0 Å². The molecule has 1 aliphatic rings. The Balaban J connectivity index is 0.000000845. The van der Waals surface area contributed by atoms with Gasteiger partial charge in [-0.2, -0.15) is 0 Å². The summed E-state index contributed by atoms with van der Waals surface area (Å²) in [6.45, 7) is 1.72. The Hall–Kier alpha value is -0.740. The van der Waals surface area contributed by atoms with Crippen LogP contribution in [-0.4, -0.2) is 16.8 Å². The molecule has 1 aliphatic heterocycles. The van der Waals surface area contributed by atoms with E-state index in [4.69, 9.17) is 0 Å². The zero-order valence-corrected chi connectivity index (χ0v) is 8.79. The SMILES string of the molecule is Br.Oc1cc2c(cc1O)CNCC2. The van der Waals surface area contributed by atoms with Gasteiger partial charge in [-0.05, 0) is 36.2 Å². The Morgan fingerprint density at radius 1 is 1.08 bits per heavy atom. The standard InChI is InChI=1S/C9H11NO2.BrH/c11-8-3-6-1-2-10-5-7(6)4-9(8)12;/h3-4,10-12H,1-2,5H2;1H. The monoisotopic (exact) mass is 245 g/mol. The van der Waals surface area contributed by atoms with Crippen molar-refractivity contribution < 1.29 is 10.2 Å². The van der Waals surface area contributed by atoms with Crippen molar-refractivity contribution in [3.8, 4) is 11.5 Å². The molecule has 0 fully saturated rings. The van der Waals surface area contributed by atoms with Crippen LogP contribution in [0, 0.1) is 0 Å². The summed E-state index contributed by atoms with van der Waals surface area (Å²) < 4.78 is 0. The number of rotatable bonds is 0. The van der Waals surface area contributed by atoms with Crippen molar-refractivity contribution in [1.82, 2.24) is 5.32 Å². The smallest absolute Gasteiger partial charge is 0.157 e. The van der Waals surface area contributed by atoms with Crippen LogP contribution >= 0.6 is 17.0 Å². The van der Waals surface area contributed by atoms with Crippen molar-refractivity contribution in [1.29, 1.82) is 0 Å². The number of benzene rings is 1. The first-order valence-corrected chi connectivity index (χ1v) is 4.02. The van der Waals surface area contributed by atoms with Gasteiger partial charge in [0.2, 0.25) is 0 Å². The quantitative estimate of drug-likeness (QED) is 0.605. The van der Waals surface area contributed by atoms with Gasteiger partial charge in [0.15, 0.2) is 11.5 Å². The summed E-state index contributed by atoms with van der Waals surface area (Å²) in [5, 5.41) is 21.6. The van der Waals surface area contributed by atoms with Gasteiger partial charge in [-0.25, -0.2) is 0 Å². The molecule has 3 nitrogen and oxygen atoms in total. The molecule has 1 aromatic rings. The van der Waals surface area contributed by atoms with Gasteiger partial charge < -0.3 is 15.5 Å². The Kier molecular flexibility index (Phi) is 3.17. The molecular weight excluding hydrogens is 234 g/mol. The normalized spacial score (nSPS) is 14.5. The van der Waals surface area contributed by atoms with Gasteiger partial charge in [0, 0.05) is 6.54 Å². The third-order valence-corrected chi connectivity index (χ3v) is 2.18. The Morgan fingerprint density at radius 3 is 2.38 bits per heavy atom. The topological polar surface area (TPSA) is 52.5 Å². The average molecular weight is 246 g/mol. The molecule has 0 bridgehead atoms. The lowest BCUT2D eigenvalue weighted by molar-refractivity contribution is 0.401. The van der Waals surface area contributed by atoms with Crippen molar-refractivity contribution in [2.24, 2.45) is 0 Å². The molecule has 1 heterocycles. The third kappa shape index (κ3) is 1.95. The van der Waals surface area contributed by atoms with Crippen LogP contribution in [0.5, 0.6) is 11.5 Å². The maximum absolute atomic E-state index is 9.20. The first-order chi connectivity index (χ1) is 5.77. The van der Waals surface area contributed by atoms with Crippen molar-refractivity contribution >= 4 is 17.0 Å². The molecule has 72 valence electrons. The van der Waals surface area contributed by atoms with Crippen molar-refractivity contribution in [3.63, 3.8) is 0 Å². The van der Waals surface area contributed by atoms with Crippen molar-refractivity contribution in [2.75, 3.05) is 6.54 Å². The first kappa shape index (κ1) is 10.3. The van der Waals surface area contributed by atoms with E-state index in [2.05, 4.69) is 5.32 Å². The largest absolute Gasteiger partial charge is 0.504 e. The highest BCUT2D eigenvalue weighted by atomic mass is 79.9. The van der Waals surface area contributed by atoms with Crippen molar-refractivity contribution in [3.05, 3.63) is 23.3 Å². The molecule has 13 heavy (non-hydrogen) atoms. The van der Waals surface area contributed by atoms with E-state index in [9.17, 15) is 10.2 Å².